The van der Waals surface area contributed by atoms with Crippen LogP contribution in [0.2, 0.25) is 0 Å². The third-order valence-corrected chi connectivity index (χ3v) is 6.79. The van der Waals surface area contributed by atoms with Crippen molar-refractivity contribution in [3.63, 3.8) is 0 Å². The number of nitrogens with one attached hydrogen (secondary N) is 1. The Labute approximate surface area is 201 Å². The molecule has 34 heavy (non-hydrogen) atoms. The number of hydrogen-bond acceptors (Lipinski definition) is 4. The molecule has 0 aromatic heterocycles. The molecule has 1 aliphatic carbocycles. The SMILES string of the molecule is CCN(CCCC(=O)O)C(=O)C(CC)(CC)NC(=O)OCC1c2ccccc2-c2ccccc21. The predicted octanol–water partition coefficient (Wildman–Crippen LogP) is 4.80. The highest BCUT2D eigenvalue weighted by Crippen LogP contribution is 2.44. The van der Waals surface area contributed by atoms with E-state index >= 15 is 0 Å². The van der Waals surface area contributed by atoms with Crippen molar-refractivity contribution < 1.29 is 24.2 Å². The molecule has 0 radical (unpaired) electrons. The van der Waals surface area contributed by atoms with Crippen molar-refractivity contribution in [1.29, 1.82) is 0 Å². The van der Waals surface area contributed by atoms with Crippen molar-refractivity contribution in [2.24, 2.45) is 0 Å². The van der Waals surface area contributed by atoms with E-state index in [1.165, 1.54) is 0 Å². The lowest BCUT2D eigenvalue weighted by atomic mass is 9.91. The Morgan fingerprint density at radius 1 is 0.971 bits per heavy atom. The van der Waals surface area contributed by atoms with Crippen LogP contribution in [-0.2, 0) is 14.3 Å². The second-order valence-corrected chi connectivity index (χ2v) is 8.62. The van der Waals surface area contributed by atoms with Gasteiger partial charge in [-0.15, -0.1) is 0 Å². The Bertz CT molecular complexity index is 986. The summed E-state index contributed by atoms with van der Waals surface area (Å²) in [6.07, 6.45) is 0.544. The van der Waals surface area contributed by atoms with E-state index in [9.17, 15) is 14.4 Å². The van der Waals surface area contributed by atoms with Crippen LogP contribution in [0.15, 0.2) is 48.5 Å². The average molecular weight is 467 g/mol. The van der Waals surface area contributed by atoms with Crippen molar-refractivity contribution in [2.45, 2.75) is 57.9 Å². The van der Waals surface area contributed by atoms with Crippen molar-refractivity contribution in [3.8, 4) is 11.1 Å². The highest BCUT2D eigenvalue weighted by molar-refractivity contribution is 5.90. The molecule has 2 aromatic carbocycles. The van der Waals surface area contributed by atoms with Crippen LogP contribution in [0, 0.1) is 0 Å². The lowest BCUT2D eigenvalue weighted by Crippen LogP contribution is -2.59. The zero-order chi connectivity index (χ0) is 24.7. The van der Waals surface area contributed by atoms with Crippen LogP contribution in [0.1, 0.15) is 63.5 Å². The first-order valence-electron chi connectivity index (χ1n) is 12.0. The summed E-state index contributed by atoms with van der Waals surface area (Å²) < 4.78 is 5.68. The molecule has 0 fully saturated rings. The second kappa shape index (κ2) is 11.2. The summed E-state index contributed by atoms with van der Waals surface area (Å²) in [5.74, 6) is -1.16. The minimum absolute atomic E-state index is 0.00512. The normalized spacial score (nSPS) is 12.6. The number of ether oxygens (including phenoxy) is 1. The van der Waals surface area contributed by atoms with Gasteiger partial charge in [0.2, 0.25) is 5.91 Å². The fraction of sp³-hybridized carbons (Fsp3) is 0.444. The maximum Gasteiger partial charge on any atom is 0.408 e. The summed E-state index contributed by atoms with van der Waals surface area (Å²) in [5.41, 5.74) is 3.46. The van der Waals surface area contributed by atoms with E-state index in [4.69, 9.17) is 9.84 Å². The highest BCUT2D eigenvalue weighted by Gasteiger charge is 2.40. The van der Waals surface area contributed by atoms with E-state index in [-0.39, 0.29) is 24.9 Å². The zero-order valence-electron chi connectivity index (χ0n) is 20.2. The van der Waals surface area contributed by atoms with Crippen molar-refractivity contribution >= 4 is 18.0 Å². The molecule has 182 valence electrons. The monoisotopic (exact) mass is 466 g/mol. The Kier molecular flexibility index (Phi) is 8.31. The molecule has 3 rings (SSSR count). The lowest BCUT2D eigenvalue weighted by Gasteiger charge is -2.36. The summed E-state index contributed by atoms with van der Waals surface area (Å²) in [6, 6.07) is 16.3. The van der Waals surface area contributed by atoms with Gasteiger partial charge in [0.1, 0.15) is 12.1 Å². The van der Waals surface area contributed by atoms with Crippen LogP contribution in [0.5, 0.6) is 0 Å². The summed E-state index contributed by atoms with van der Waals surface area (Å²) in [5, 5.41) is 11.8. The van der Waals surface area contributed by atoms with Crippen molar-refractivity contribution in [2.75, 3.05) is 19.7 Å². The molecule has 2 aromatic rings. The number of carboxylic acids is 1. The molecule has 7 heteroatoms. The first kappa shape index (κ1) is 25.3. The van der Waals surface area contributed by atoms with Gasteiger partial charge in [-0.3, -0.25) is 9.59 Å². The van der Waals surface area contributed by atoms with Gasteiger partial charge in [-0.25, -0.2) is 4.79 Å². The maximum absolute atomic E-state index is 13.4. The zero-order valence-corrected chi connectivity index (χ0v) is 20.2. The Morgan fingerprint density at radius 2 is 1.53 bits per heavy atom. The summed E-state index contributed by atoms with van der Waals surface area (Å²) in [7, 11) is 0. The summed E-state index contributed by atoms with van der Waals surface area (Å²) in [6.45, 7) is 6.50. The van der Waals surface area contributed by atoms with E-state index in [1.807, 2.05) is 45.0 Å². The summed E-state index contributed by atoms with van der Waals surface area (Å²) in [4.78, 5) is 38.7. The standard InChI is InChI=1S/C27H34N2O5/c1-4-27(5-2,25(32)29(6-3)17-11-16-24(30)31)28-26(33)34-18-23-21-14-9-7-12-19(21)20-13-8-10-15-22(20)23/h7-10,12-15,23H,4-6,11,16-18H2,1-3H3,(H,28,33)(H,30,31). The van der Waals surface area contributed by atoms with Gasteiger partial charge in [-0.1, -0.05) is 62.4 Å². The first-order valence-corrected chi connectivity index (χ1v) is 12.0. The van der Waals surface area contributed by atoms with Gasteiger partial charge in [0, 0.05) is 25.4 Å². The molecule has 0 spiro atoms. The largest absolute Gasteiger partial charge is 0.481 e. The molecule has 0 saturated heterocycles. The molecule has 0 bridgehead atoms. The number of amides is 2. The highest BCUT2D eigenvalue weighted by atomic mass is 16.5. The third-order valence-electron chi connectivity index (χ3n) is 6.79. The predicted molar refractivity (Wildman–Crippen MR) is 131 cm³/mol. The molecule has 1 aliphatic rings. The van der Waals surface area contributed by atoms with Gasteiger partial charge in [0.25, 0.3) is 0 Å². The number of carbonyl (C=O) groups excluding carboxylic acids is 2. The van der Waals surface area contributed by atoms with Crippen LogP contribution in [0.3, 0.4) is 0 Å². The van der Waals surface area contributed by atoms with E-state index in [0.29, 0.717) is 32.4 Å². The number of alkyl carbamates (subject to hydrolysis) is 1. The van der Waals surface area contributed by atoms with Gasteiger partial charge in [0.15, 0.2) is 0 Å². The Balaban J connectivity index is 1.69. The van der Waals surface area contributed by atoms with E-state index in [0.717, 1.165) is 22.3 Å². The average Bonchev–Trinajstić information content (AvgIpc) is 3.17. The van der Waals surface area contributed by atoms with Crippen molar-refractivity contribution in [1.82, 2.24) is 10.2 Å². The molecule has 0 saturated carbocycles. The van der Waals surface area contributed by atoms with Crippen molar-refractivity contribution in [3.05, 3.63) is 59.7 Å². The number of aliphatic carboxylic acids is 1. The number of carboxylic acid groups (broad SMARTS) is 1. The van der Waals surface area contributed by atoms with Gasteiger partial charge in [-0.2, -0.15) is 0 Å². The van der Waals surface area contributed by atoms with Crippen LogP contribution in [-0.4, -0.2) is 53.2 Å². The van der Waals surface area contributed by atoms with Gasteiger partial charge >= 0.3 is 12.1 Å². The molecule has 0 unspecified atom stereocenters. The topological polar surface area (TPSA) is 95.9 Å². The molecule has 2 N–H and O–H groups in total. The van der Waals surface area contributed by atoms with Gasteiger partial charge in [0.05, 0.1) is 0 Å². The third kappa shape index (κ3) is 5.24. The van der Waals surface area contributed by atoms with E-state index < -0.39 is 17.6 Å². The smallest absolute Gasteiger partial charge is 0.408 e. The van der Waals surface area contributed by atoms with Crippen LogP contribution >= 0.6 is 0 Å². The first-order chi connectivity index (χ1) is 16.4. The molecule has 7 nitrogen and oxygen atoms in total. The molecular weight excluding hydrogens is 432 g/mol. The second-order valence-electron chi connectivity index (χ2n) is 8.62. The van der Waals surface area contributed by atoms with E-state index in [2.05, 4.69) is 29.6 Å². The Morgan fingerprint density at radius 3 is 2.03 bits per heavy atom. The number of likely N-dealkylation sites (N-methyl/N-ethyl adjacent to an activating group) is 1. The van der Waals surface area contributed by atoms with Gasteiger partial charge in [-0.05, 0) is 48.4 Å². The fourth-order valence-corrected chi connectivity index (χ4v) is 4.74. The lowest BCUT2D eigenvalue weighted by molar-refractivity contribution is -0.140. The van der Waals surface area contributed by atoms with Crippen LogP contribution in [0.25, 0.3) is 11.1 Å². The molecule has 0 atom stereocenters. The summed E-state index contributed by atoms with van der Waals surface area (Å²) >= 11 is 0. The minimum atomic E-state index is -1.10. The molecule has 0 heterocycles. The number of benzene rings is 2. The number of rotatable bonds is 11. The number of carbonyl (C=O) groups is 3. The molecular formula is C27H34N2O5. The maximum atomic E-state index is 13.4. The Hall–Kier alpha value is -3.35. The molecule has 0 aliphatic heterocycles. The van der Waals surface area contributed by atoms with E-state index in [1.54, 1.807) is 4.90 Å². The quantitative estimate of drug-likeness (QED) is 0.496. The van der Waals surface area contributed by atoms with Crippen LogP contribution in [0.4, 0.5) is 4.79 Å². The number of hydrogen-bond donors (Lipinski definition) is 2. The number of fused-ring (bicyclic) bond motifs is 3. The fourth-order valence-electron chi connectivity index (χ4n) is 4.74. The number of nitrogens with zero attached hydrogens (tertiary/aromatic N) is 1. The van der Waals surface area contributed by atoms with Crippen LogP contribution < -0.4 is 5.32 Å². The molecule has 2 amide bonds. The minimum Gasteiger partial charge on any atom is -0.481 e. The van der Waals surface area contributed by atoms with Gasteiger partial charge < -0.3 is 20.1 Å².